The Bertz CT molecular complexity index is 482. The van der Waals surface area contributed by atoms with Crippen molar-refractivity contribution in [2.24, 2.45) is 0 Å². The Morgan fingerprint density at radius 2 is 2.00 bits per heavy atom. The zero-order valence-electron chi connectivity index (χ0n) is 11.6. The second-order valence-corrected chi connectivity index (χ2v) is 4.65. The molecule has 2 rings (SSSR count). The predicted molar refractivity (Wildman–Crippen MR) is 75.5 cm³/mol. The molecule has 0 unspecified atom stereocenters. The van der Waals surface area contributed by atoms with Crippen molar-refractivity contribution in [1.82, 2.24) is 15.2 Å². The van der Waals surface area contributed by atoms with E-state index in [0.717, 1.165) is 43.3 Å². The number of aromatic nitrogens is 1. The first-order valence-electron chi connectivity index (χ1n) is 6.64. The van der Waals surface area contributed by atoms with Crippen molar-refractivity contribution in [1.29, 1.82) is 0 Å². The van der Waals surface area contributed by atoms with Crippen LogP contribution in [0.25, 0.3) is 0 Å². The number of nitrogens with one attached hydrogen (secondary N) is 1. The fraction of sp³-hybridized carbons (Fsp3) is 0.400. The van der Waals surface area contributed by atoms with Crippen LogP contribution in [0.1, 0.15) is 24.1 Å². The van der Waals surface area contributed by atoms with Crippen LogP contribution in [0.15, 0.2) is 41.0 Å². The molecule has 0 fully saturated rings. The molecule has 0 aromatic carbocycles. The summed E-state index contributed by atoms with van der Waals surface area (Å²) in [6, 6.07) is 10.1. The van der Waals surface area contributed by atoms with Crippen LogP contribution in [0.5, 0.6) is 0 Å². The SMILES string of the molecule is CCNCc1cccc(CN(C)Cc2ccco2)n1. The topological polar surface area (TPSA) is 41.3 Å². The van der Waals surface area contributed by atoms with E-state index in [4.69, 9.17) is 4.42 Å². The molecule has 0 atom stereocenters. The first-order chi connectivity index (χ1) is 9.28. The van der Waals surface area contributed by atoms with E-state index in [1.54, 1.807) is 6.26 Å². The minimum atomic E-state index is 0.798. The van der Waals surface area contributed by atoms with E-state index >= 15 is 0 Å². The molecule has 102 valence electrons. The van der Waals surface area contributed by atoms with Gasteiger partial charge in [0.2, 0.25) is 0 Å². The van der Waals surface area contributed by atoms with Gasteiger partial charge >= 0.3 is 0 Å². The molecule has 4 nitrogen and oxygen atoms in total. The number of nitrogens with zero attached hydrogens (tertiary/aromatic N) is 2. The molecule has 2 aromatic rings. The summed E-state index contributed by atoms with van der Waals surface area (Å²) in [6.07, 6.45) is 1.71. The van der Waals surface area contributed by atoms with Crippen molar-refractivity contribution in [3.8, 4) is 0 Å². The van der Waals surface area contributed by atoms with Crippen LogP contribution in [0.3, 0.4) is 0 Å². The first kappa shape index (κ1) is 13.8. The maximum atomic E-state index is 5.35. The van der Waals surface area contributed by atoms with E-state index in [-0.39, 0.29) is 0 Å². The van der Waals surface area contributed by atoms with Crippen molar-refractivity contribution >= 4 is 0 Å². The van der Waals surface area contributed by atoms with Crippen LogP contribution in [0.4, 0.5) is 0 Å². The van der Waals surface area contributed by atoms with Crippen LogP contribution in [0, 0.1) is 0 Å². The van der Waals surface area contributed by atoms with Gasteiger partial charge in [0.05, 0.1) is 24.2 Å². The molecule has 1 N–H and O–H groups in total. The highest BCUT2D eigenvalue weighted by Crippen LogP contribution is 2.08. The van der Waals surface area contributed by atoms with Gasteiger partial charge in [-0.05, 0) is 37.9 Å². The third-order valence-electron chi connectivity index (χ3n) is 2.86. The minimum Gasteiger partial charge on any atom is -0.468 e. The third kappa shape index (κ3) is 4.50. The summed E-state index contributed by atoms with van der Waals surface area (Å²) >= 11 is 0. The Morgan fingerprint density at radius 3 is 2.74 bits per heavy atom. The Hall–Kier alpha value is -1.65. The van der Waals surface area contributed by atoms with Gasteiger partial charge in [0.15, 0.2) is 0 Å². The van der Waals surface area contributed by atoms with Crippen molar-refractivity contribution in [2.45, 2.75) is 26.6 Å². The molecule has 0 aliphatic rings. The molecule has 0 aliphatic heterocycles. The summed E-state index contributed by atoms with van der Waals surface area (Å²) in [6.45, 7) is 5.50. The average Bonchev–Trinajstić information content (AvgIpc) is 2.89. The molecule has 19 heavy (non-hydrogen) atoms. The minimum absolute atomic E-state index is 0.798. The standard InChI is InChI=1S/C15H21N3O/c1-3-16-10-13-6-4-7-14(17-13)11-18(2)12-15-8-5-9-19-15/h4-9,16H,3,10-12H2,1-2H3. The fourth-order valence-corrected chi connectivity index (χ4v) is 1.97. The average molecular weight is 259 g/mol. The molecule has 2 heterocycles. The van der Waals surface area contributed by atoms with Gasteiger partial charge < -0.3 is 9.73 Å². The van der Waals surface area contributed by atoms with E-state index in [1.165, 1.54) is 0 Å². The summed E-state index contributed by atoms with van der Waals surface area (Å²) in [5.74, 6) is 0.978. The normalized spacial score (nSPS) is 11.1. The van der Waals surface area contributed by atoms with Gasteiger partial charge in [-0.25, -0.2) is 0 Å². The molecule has 0 bridgehead atoms. The maximum Gasteiger partial charge on any atom is 0.117 e. The summed E-state index contributed by atoms with van der Waals surface area (Å²) in [5.41, 5.74) is 2.18. The van der Waals surface area contributed by atoms with Crippen molar-refractivity contribution in [3.63, 3.8) is 0 Å². The number of pyridine rings is 1. The van der Waals surface area contributed by atoms with Crippen molar-refractivity contribution < 1.29 is 4.42 Å². The van der Waals surface area contributed by atoms with E-state index in [2.05, 4.69) is 47.4 Å². The molecule has 0 saturated heterocycles. The van der Waals surface area contributed by atoms with E-state index < -0.39 is 0 Å². The van der Waals surface area contributed by atoms with Crippen molar-refractivity contribution in [2.75, 3.05) is 13.6 Å². The van der Waals surface area contributed by atoms with Gasteiger partial charge in [-0.1, -0.05) is 13.0 Å². The van der Waals surface area contributed by atoms with Crippen LogP contribution in [-0.2, 0) is 19.6 Å². The molecular weight excluding hydrogens is 238 g/mol. The second kappa shape index (κ2) is 7.07. The van der Waals surface area contributed by atoms with E-state index in [1.807, 2.05) is 12.1 Å². The Labute approximate surface area is 114 Å². The highest BCUT2D eigenvalue weighted by Gasteiger charge is 2.05. The lowest BCUT2D eigenvalue weighted by molar-refractivity contribution is 0.284. The van der Waals surface area contributed by atoms with Crippen LogP contribution in [-0.4, -0.2) is 23.5 Å². The molecule has 2 aromatic heterocycles. The molecular formula is C15H21N3O. The quantitative estimate of drug-likeness (QED) is 0.829. The van der Waals surface area contributed by atoms with E-state index in [0.29, 0.717) is 0 Å². The van der Waals surface area contributed by atoms with Gasteiger partial charge in [-0.15, -0.1) is 0 Å². The highest BCUT2D eigenvalue weighted by molar-refractivity contribution is 5.11. The number of furan rings is 1. The lowest BCUT2D eigenvalue weighted by Crippen LogP contribution is -2.19. The second-order valence-electron chi connectivity index (χ2n) is 4.65. The highest BCUT2D eigenvalue weighted by atomic mass is 16.3. The number of hydrogen-bond acceptors (Lipinski definition) is 4. The van der Waals surface area contributed by atoms with Crippen LogP contribution >= 0.6 is 0 Å². The van der Waals surface area contributed by atoms with Crippen molar-refractivity contribution in [3.05, 3.63) is 53.7 Å². The summed E-state index contributed by atoms with van der Waals surface area (Å²) < 4.78 is 5.35. The number of rotatable bonds is 7. The Kier molecular flexibility index (Phi) is 5.12. The lowest BCUT2D eigenvalue weighted by Gasteiger charge is -2.15. The molecule has 0 amide bonds. The zero-order chi connectivity index (χ0) is 13.5. The predicted octanol–water partition coefficient (Wildman–Crippen LogP) is 2.42. The van der Waals surface area contributed by atoms with Gasteiger partial charge in [0.25, 0.3) is 0 Å². The molecule has 0 radical (unpaired) electrons. The first-order valence-corrected chi connectivity index (χ1v) is 6.64. The number of hydrogen-bond donors (Lipinski definition) is 1. The fourth-order valence-electron chi connectivity index (χ4n) is 1.97. The van der Waals surface area contributed by atoms with Crippen LogP contribution in [0.2, 0.25) is 0 Å². The maximum absolute atomic E-state index is 5.35. The monoisotopic (exact) mass is 259 g/mol. The van der Waals surface area contributed by atoms with Gasteiger partial charge in [0.1, 0.15) is 5.76 Å². The molecule has 0 aliphatic carbocycles. The Balaban J connectivity index is 1.90. The largest absolute Gasteiger partial charge is 0.468 e. The summed E-state index contributed by atoms with van der Waals surface area (Å²) in [7, 11) is 2.07. The molecule has 0 saturated carbocycles. The van der Waals surface area contributed by atoms with Crippen LogP contribution < -0.4 is 5.32 Å². The summed E-state index contributed by atoms with van der Waals surface area (Å²) in [5, 5.41) is 3.29. The lowest BCUT2D eigenvalue weighted by atomic mass is 10.2. The van der Waals surface area contributed by atoms with E-state index in [9.17, 15) is 0 Å². The zero-order valence-corrected chi connectivity index (χ0v) is 11.6. The third-order valence-corrected chi connectivity index (χ3v) is 2.86. The smallest absolute Gasteiger partial charge is 0.117 e. The molecule has 4 heteroatoms. The Morgan fingerprint density at radius 1 is 1.16 bits per heavy atom. The summed E-state index contributed by atoms with van der Waals surface area (Å²) in [4.78, 5) is 6.84. The molecule has 0 spiro atoms. The van der Waals surface area contributed by atoms with Gasteiger partial charge in [-0.3, -0.25) is 9.88 Å². The van der Waals surface area contributed by atoms with Gasteiger partial charge in [0, 0.05) is 13.1 Å². The van der Waals surface area contributed by atoms with Gasteiger partial charge in [-0.2, -0.15) is 0 Å².